The quantitative estimate of drug-likeness (QED) is 0.216. The van der Waals surface area contributed by atoms with Gasteiger partial charge >= 0.3 is 0 Å². The largest absolute Gasteiger partial charge is 0.493 e. The lowest BCUT2D eigenvalue weighted by atomic mass is 10.2. The Labute approximate surface area is 189 Å². The van der Waals surface area contributed by atoms with Gasteiger partial charge in [-0.2, -0.15) is 0 Å². The molecule has 0 aliphatic rings. The summed E-state index contributed by atoms with van der Waals surface area (Å²) in [7, 11) is 6.66. The van der Waals surface area contributed by atoms with Crippen LogP contribution in [0.5, 0.6) is 17.2 Å². The molecule has 160 valence electrons. The van der Waals surface area contributed by atoms with E-state index in [2.05, 4.69) is 15.6 Å². The van der Waals surface area contributed by atoms with Crippen LogP contribution in [0.3, 0.4) is 0 Å². The number of aliphatic imine (C=N–C) groups is 1. The number of benzene rings is 2. The Hall–Kier alpha value is -2.20. The van der Waals surface area contributed by atoms with Crippen LogP contribution in [-0.4, -0.2) is 47.6 Å². The number of halogens is 1. The molecular weight excluding hydrogens is 485 g/mol. The maximum atomic E-state index is 5.73. The molecule has 0 heterocycles. The van der Waals surface area contributed by atoms with E-state index >= 15 is 0 Å². The zero-order chi connectivity index (χ0) is 20.2. The van der Waals surface area contributed by atoms with E-state index in [1.807, 2.05) is 42.5 Å². The predicted molar refractivity (Wildman–Crippen MR) is 127 cm³/mol. The summed E-state index contributed by atoms with van der Waals surface area (Å²) in [5.41, 5.74) is 1.94. The second-order valence-electron chi connectivity index (χ2n) is 5.96. The minimum Gasteiger partial charge on any atom is -0.493 e. The van der Waals surface area contributed by atoms with Gasteiger partial charge in [-0.15, -0.1) is 24.0 Å². The van der Waals surface area contributed by atoms with Crippen LogP contribution in [0.4, 0.5) is 5.69 Å². The maximum Gasteiger partial charge on any atom is 0.195 e. The molecule has 0 saturated carbocycles. The fourth-order valence-corrected chi connectivity index (χ4v) is 2.55. The molecule has 2 aromatic rings. The lowest BCUT2D eigenvalue weighted by Gasteiger charge is -2.14. The van der Waals surface area contributed by atoms with E-state index < -0.39 is 0 Å². The molecule has 2 aromatic carbocycles. The first-order chi connectivity index (χ1) is 13.7. The summed E-state index contributed by atoms with van der Waals surface area (Å²) < 4.78 is 21.4. The SMILES string of the molecule is CN=C(NCc1ccc(OC)c(OC)c1)Nc1cccc(OCCCOC)c1.I. The molecule has 0 atom stereocenters. The fourth-order valence-electron chi connectivity index (χ4n) is 2.55. The van der Waals surface area contributed by atoms with Gasteiger partial charge in [-0.1, -0.05) is 12.1 Å². The van der Waals surface area contributed by atoms with Gasteiger partial charge in [0.2, 0.25) is 0 Å². The fraction of sp³-hybridized carbons (Fsp3) is 0.381. The smallest absolute Gasteiger partial charge is 0.195 e. The van der Waals surface area contributed by atoms with Crippen molar-refractivity contribution < 1.29 is 18.9 Å². The van der Waals surface area contributed by atoms with Crippen molar-refractivity contribution in [3.8, 4) is 17.2 Å². The van der Waals surface area contributed by atoms with E-state index in [4.69, 9.17) is 18.9 Å². The lowest BCUT2D eigenvalue weighted by molar-refractivity contribution is 0.172. The molecule has 0 fully saturated rings. The second kappa shape index (κ2) is 13.9. The van der Waals surface area contributed by atoms with Crippen LogP contribution in [0.1, 0.15) is 12.0 Å². The average molecular weight is 515 g/mol. The molecule has 0 aliphatic heterocycles. The van der Waals surface area contributed by atoms with Crippen LogP contribution in [0, 0.1) is 0 Å². The molecule has 2 N–H and O–H groups in total. The van der Waals surface area contributed by atoms with Crippen molar-refractivity contribution in [2.75, 3.05) is 46.9 Å². The minimum atomic E-state index is 0. The summed E-state index contributed by atoms with van der Waals surface area (Å²) >= 11 is 0. The zero-order valence-corrected chi connectivity index (χ0v) is 19.7. The molecule has 0 bridgehead atoms. The molecule has 0 radical (unpaired) electrons. The number of nitrogens with zero attached hydrogens (tertiary/aromatic N) is 1. The van der Waals surface area contributed by atoms with E-state index in [-0.39, 0.29) is 24.0 Å². The summed E-state index contributed by atoms with van der Waals surface area (Å²) in [6.45, 7) is 1.89. The summed E-state index contributed by atoms with van der Waals surface area (Å²) in [5.74, 6) is 2.86. The van der Waals surface area contributed by atoms with Crippen LogP contribution < -0.4 is 24.8 Å². The van der Waals surface area contributed by atoms with Crippen LogP contribution in [0.25, 0.3) is 0 Å². The molecule has 0 saturated heterocycles. The van der Waals surface area contributed by atoms with Crippen LogP contribution >= 0.6 is 24.0 Å². The molecule has 8 heteroatoms. The topological polar surface area (TPSA) is 73.3 Å². The van der Waals surface area contributed by atoms with Gasteiger partial charge in [-0.25, -0.2) is 0 Å². The van der Waals surface area contributed by atoms with Gasteiger partial charge in [-0.3, -0.25) is 4.99 Å². The molecule has 0 unspecified atom stereocenters. The summed E-state index contributed by atoms with van der Waals surface area (Å²) in [5, 5.41) is 6.56. The third-order valence-corrected chi connectivity index (χ3v) is 3.99. The van der Waals surface area contributed by atoms with Gasteiger partial charge in [0.1, 0.15) is 5.75 Å². The number of nitrogens with one attached hydrogen (secondary N) is 2. The number of methoxy groups -OCH3 is 3. The van der Waals surface area contributed by atoms with Crippen molar-refractivity contribution in [2.24, 2.45) is 4.99 Å². The third kappa shape index (κ3) is 8.36. The van der Waals surface area contributed by atoms with Gasteiger partial charge in [0.15, 0.2) is 17.5 Å². The van der Waals surface area contributed by atoms with Gasteiger partial charge in [-0.05, 0) is 29.8 Å². The molecule has 29 heavy (non-hydrogen) atoms. The Balaban J connectivity index is 0.00000420. The highest BCUT2D eigenvalue weighted by Crippen LogP contribution is 2.27. The monoisotopic (exact) mass is 515 g/mol. The first-order valence-electron chi connectivity index (χ1n) is 9.10. The number of hydrogen-bond donors (Lipinski definition) is 2. The first-order valence-corrected chi connectivity index (χ1v) is 9.10. The lowest BCUT2D eigenvalue weighted by Crippen LogP contribution is -2.30. The number of ether oxygens (including phenoxy) is 4. The average Bonchev–Trinajstić information content (AvgIpc) is 2.74. The molecule has 7 nitrogen and oxygen atoms in total. The highest BCUT2D eigenvalue weighted by molar-refractivity contribution is 14.0. The Bertz CT molecular complexity index is 771. The molecule has 2 rings (SSSR count). The van der Waals surface area contributed by atoms with E-state index in [0.29, 0.717) is 37.2 Å². The first kappa shape index (κ1) is 24.8. The summed E-state index contributed by atoms with van der Waals surface area (Å²) in [4.78, 5) is 4.27. The highest BCUT2D eigenvalue weighted by Gasteiger charge is 2.06. The molecule has 0 aliphatic carbocycles. The van der Waals surface area contributed by atoms with Crippen molar-refractivity contribution in [3.63, 3.8) is 0 Å². The second-order valence-corrected chi connectivity index (χ2v) is 5.96. The number of rotatable bonds is 10. The van der Waals surface area contributed by atoms with Crippen LogP contribution in [-0.2, 0) is 11.3 Å². The van der Waals surface area contributed by atoms with Crippen molar-refractivity contribution in [1.82, 2.24) is 5.32 Å². The molecule has 0 amide bonds. The van der Waals surface area contributed by atoms with Gasteiger partial charge < -0.3 is 29.6 Å². The van der Waals surface area contributed by atoms with Crippen LogP contribution in [0.15, 0.2) is 47.5 Å². The standard InChI is InChI=1S/C21H29N3O4.HI/c1-22-21(23-15-16-9-10-19(26-3)20(13-16)27-4)24-17-7-5-8-18(14-17)28-12-6-11-25-2;/h5,7-10,13-14H,6,11-12,15H2,1-4H3,(H2,22,23,24);1H. The number of guanidine groups is 1. The van der Waals surface area contributed by atoms with Crippen LogP contribution in [0.2, 0.25) is 0 Å². The number of anilines is 1. The van der Waals surface area contributed by atoms with Crippen molar-refractivity contribution in [3.05, 3.63) is 48.0 Å². The summed E-state index contributed by atoms with van der Waals surface area (Å²) in [6, 6.07) is 13.6. The van der Waals surface area contributed by atoms with Gasteiger partial charge in [0.25, 0.3) is 0 Å². The minimum absolute atomic E-state index is 0. The Morgan fingerprint density at radius 3 is 2.45 bits per heavy atom. The van der Waals surface area contributed by atoms with Gasteiger partial charge in [0, 0.05) is 45.5 Å². The molecule has 0 aromatic heterocycles. The summed E-state index contributed by atoms with van der Waals surface area (Å²) in [6.07, 6.45) is 0.850. The van der Waals surface area contributed by atoms with Crippen molar-refractivity contribution >= 4 is 35.6 Å². The Kier molecular flexibility index (Phi) is 11.9. The van der Waals surface area contributed by atoms with E-state index in [1.165, 1.54) is 0 Å². The Morgan fingerprint density at radius 2 is 1.76 bits per heavy atom. The predicted octanol–water partition coefficient (Wildman–Crippen LogP) is 3.92. The van der Waals surface area contributed by atoms with E-state index in [9.17, 15) is 0 Å². The third-order valence-electron chi connectivity index (χ3n) is 3.99. The van der Waals surface area contributed by atoms with Crippen molar-refractivity contribution in [1.29, 1.82) is 0 Å². The highest BCUT2D eigenvalue weighted by atomic mass is 127. The normalized spacial score (nSPS) is 10.7. The molecule has 0 spiro atoms. The Morgan fingerprint density at radius 1 is 0.966 bits per heavy atom. The maximum absolute atomic E-state index is 5.73. The van der Waals surface area contributed by atoms with Crippen molar-refractivity contribution in [2.45, 2.75) is 13.0 Å². The van der Waals surface area contributed by atoms with E-state index in [1.54, 1.807) is 28.4 Å². The molecular formula is C21H30IN3O4. The number of hydrogen-bond acceptors (Lipinski definition) is 5. The zero-order valence-electron chi connectivity index (χ0n) is 17.4. The van der Waals surface area contributed by atoms with E-state index in [0.717, 1.165) is 23.4 Å². The van der Waals surface area contributed by atoms with Gasteiger partial charge in [0.05, 0.1) is 20.8 Å².